The van der Waals surface area contributed by atoms with Gasteiger partial charge in [-0.15, -0.1) is 0 Å². The topological polar surface area (TPSA) is 52.6 Å². The van der Waals surface area contributed by atoms with Crippen LogP contribution < -0.4 is 0 Å². The highest BCUT2D eigenvalue weighted by Crippen LogP contribution is 2.27. The molecule has 0 heterocycles. The van der Waals surface area contributed by atoms with Crippen LogP contribution in [0.3, 0.4) is 0 Å². The number of esters is 2. The van der Waals surface area contributed by atoms with Crippen LogP contribution in [-0.2, 0) is 19.1 Å². The Labute approximate surface area is 96.3 Å². The predicted octanol–water partition coefficient (Wildman–Crippen LogP) is 1.92. The molecule has 0 N–H and O–H groups in total. The quantitative estimate of drug-likeness (QED) is 0.690. The predicted molar refractivity (Wildman–Crippen MR) is 58.7 cm³/mol. The standard InChI is InChI=1S/C12H20O4/c1-7(2)11(13)15-9-5-10(6-9)16-12(14)8(3)4/h7-10H,5-6H2,1-4H3. The van der Waals surface area contributed by atoms with Crippen LogP contribution >= 0.6 is 0 Å². The van der Waals surface area contributed by atoms with Crippen LogP contribution in [0.2, 0.25) is 0 Å². The SMILES string of the molecule is CC(C)C(=O)OC1CC(OC(=O)C(C)C)C1. The maximum atomic E-state index is 11.3. The summed E-state index contributed by atoms with van der Waals surface area (Å²) in [7, 11) is 0. The molecule has 1 saturated carbocycles. The average molecular weight is 228 g/mol. The van der Waals surface area contributed by atoms with Crippen LogP contribution in [-0.4, -0.2) is 24.1 Å². The third kappa shape index (κ3) is 3.51. The second kappa shape index (κ2) is 5.32. The first-order valence-electron chi connectivity index (χ1n) is 5.81. The molecule has 1 fully saturated rings. The van der Waals surface area contributed by atoms with Crippen molar-refractivity contribution in [3.05, 3.63) is 0 Å². The summed E-state index contributed by atoms with van der Waals surface area (Å²) in [6.07, 6.45) is 1.13. The minimum Gasteiger partial charge on any atom is -0.462 e. The van der Waals surface area contributed by atoms with Gasteiger partial charge in [-0.2, -0.15) is 0 Å². The van der Waals surface area contributed by atoms with Gasteiger partial charge in [0.1, 0.15) is 12.2 Å². The second-order valence-electron chi connectivity index (χ2n) is 4.90. The van der Waals surface area contributed by atoms with Crippen molar-refractivity contribution in [1.29, 1.82) is 0 Å². The Morgan fingerprint density at radius 1 is 0.875 bits per heavy atom. The van der Waals surface area contributed by atoms with Crippen LogP contribution in [0.4, 0.5) is 0 Å². The zero-order valence-electron chi connectivity index (χ0n) is 10.4. The van der Waals surface area contributed by atoms with Crippen LogP contribution in [0.15, 0.2) is 0 Å². The van der Waals surface area contributed by atoms with Gasteiger partial charge in [0.05, 0.1) is 11.8 Å². The number of ether oxygens (including phenoxy) is 2. The third-order valence-corrected chi connectivity index (χ3v) is 2.56. The third-order valence-electron chi connectivity index (χ3n) is 2.56. The Balaban J connectivity index is 2.18. The van der Waals surface area contributed by atoms with Crippen molar-refractivity contribution >= 4 is 11.9 Å². The minimum absolute atomic E-state index is 0.0696. The molecule has 92 valence electrons. The van der Waals surface area contributed by atoms with Gasteiger partial charge < -0.3 is 9.47 Å². The summed E-state index contributed by atoms with van der Waals surface area (Å²) in [5, 5.41) is 0. The van der Waals surface area contributed by atoms with E-state index < -0.39 is 0 Å². The lowest BCUT2D eigenvalue weighted by atomic mass is 9.91. The van der Waals surface area contributed by atoms with E-state index in [0.717, 1.165) is 0 Å². The maximum Gasteiger partial charge on any atom is 0.308 e. The van der Waals surface area contributed by atoms with Gasteiger partial charge in [0.2, 0.25) is 0 Å². The molecule has 16 heavy (non-hydrogen) atoms. The number of carbonyl (C=O) groups excluding carboxylic acids is 2. The van der Waals surface area contributed by atoms with Gasteiger partial charge in [0.15, 0.2) is 0 Å². The monoisotopic (exact) mass is 228 g/mol. The lowest BCUT2D eigenvalue weighted by molar-refractivity contribution is -0.174. The molecule has 0 unspecified atom stereocenters. The molecular formula is C12H20O4. The van der Waals surface area contributed by atoms with E-state index in [4.69, 9.17) is 9.47 Å². The number of carbonyl (C=O) groups is 2. The summed E-state index contributed by atoms with van der Waals surface area (Å²) in [6, 6.07) is 0. The normalized spacial score (nSPS) is 24.1. The van der Waals surface area contributed by atoms with E-state index in [9.17, 15) is 9.59 Å². The van der Waals surface area contributed by atoms with Crippen molar-refractivity contribution in [3.8, 4) is 0 Å². The molecule has 0 aromatic rings. The molecule has 0 aromatic heterocycles. The van der Waals surface area contributed by atoms with Crippen LogP contribution in [0, 0.1) is 11.8 Å². The van der Waals surface area contributed by atoms with E-state index in [0.29, 0.717) is 12.8 Å². The first-order chi connectivity index (χ1) is 7.40. The summed E-state index contributed by atoms with van der Waals surface area (Å²) in [4.78, 5) is 22.5. The summed E-state index contributed by atoms with van der Waals surface area (Å²) in [6.45, 7) is 7.21. The zero-order valence-corrected chi connectivity index (χ0v) is 10.4. The zero-order chi connectivity index (χ0) is 12.3. The van der Waals surface area contributed by atoms with Gasteiger partial charge in [0.25, 0.3) is 0 Å². The molecule has 4 nitrogen and oxygen atoms in total. The Kier molecular flexibility index (Phi) is 4.33. The molecule has 0 saturated heterocycles. The van der Waals surface area contributed by atoms with E-state index in [1.807, 2.05) is 0 Å². The molecule has 0 radical (unpaired) electrons. The number of hydrogen-bond acceptors (Lipinski definition) is 4. The second-order valence-corrected chi connectivity index (χ2v) is 4.90. The molecule has 1 rings (SSSR count). The van der Waals surface area contributed by atoms with Crippen molar-refractivity contribution < 1.29 is 19.1 Å². The van der Waals surface area contributed by atoms with Gasteiger partial charge in [-0.3, -0.25) is 9.59 Å². The molecule has 0 aliphatic heterocycles. The lowest BCUT2D eigenvalue weighted by Crippen LogP contribution is -2.41. The van der Waals surface area contributed by atoms with Crippen molar-refractivity contribution in [2.24, 2.45) is 11.8 Å². The van der Waals surface area contributed by atoms with Gasteiger partial charge in [-0.05, 0) is 0 Å². The average Bonchev–Trinajstić information content (AvgIpc) is 2.13. The van der Waals surface area contributed by atoms with Crippen molar-refractivity contribution in [2.75, 3.05) is 0 Å². The summed E-state index contributed by atoms with van der Waals surface area (Å²) >= 11 is 0. The fourth-order valence-electron chi connectivity index (χ4n) is 1.31. The molecule has 1 aliphatic carbocycles. The smallest absolute Gasteiger partial charge is 0.308 e. The molecule has 0 spiro atoms. The molecule has 1 aliphatic rings. The highest BCUT2D eigenvalue weighted by atomic mass is 16.6. The summed E-state index contributed by atoms with van der Waals surface area (Å²) in [5.41, 5.74) is 0. The highest BCUT2D eigenvalue weighted by molar-refractivity contribution is 5.72. The first-order valence-corrected chi connectivity index (χ1v) is 5.81. The van der Waals surface area contributed by atoms with Gasteiger partial charge in [0, 0.05) is 12.8 Å². The van der Waals surface area contributed by atoms with Gasteiger partial charge in [-0.1, -0.05) is 27.7 Å². The molecule has 0 atom stereocenters. The first kappa shape index (κ1) is 13.0. The van der Waals surface area contributed by atoms with Crippen LogP contribution in [0.1, 0.15) is 40.5 Å². The van der Waals surface area contributed by atoms with E-state index in [1.165, 1.54) is 0 Å². The lowest BCUT2D eigenvalue weighted by Gasteiger charge is -2.34. The van der Waals surface area contributed by atoms with E-state index in [2.05, 4.69) is 0 Å². The largest absolute Gasteiger partial charge is 0.462 e. The van der Waals surface area contributed by atoms with Crippen molar-refractivity contribution in [1.82, 2.24) is 0 Å². The van der Waals surface area contributed by atoms with E-state index >= 15 is 0 Å². The highest BCUT2D eigenvalue weighted by Gasteiger charge is 2.35. The fourth-order valence-corrected chi connectivity index (χ4v) is 1.31. The van der Waals surface area contributed by atoms with Crippen molar-refractivity contribution in [3.63, 3.8) is 0 Å². The van der Waals surface area contributed by atoms with Gasteiger partial charge >= 0.3 is 11.9 Å². The number of hydrogen-bond donors (Lipinski definition) is 0. The Morgan fingerprint density at radius 3 is 1.44 bits per heavy atom. The molecule has 0 bridgehead atoms. The van der Waals surface area contributed by atoms with Crippen LogP contribution in [0.25, 0.3) is 0 Å². The summed E-state index contributed by atoms with van der Waals surface area (Å²) < 4.78 is 10.4. The molecule has 4 heteroatoms. The Morgan fingerprint density at radius 2 is 1.19 bits per heavy atom. The Hall–Kier alpha value is -1.06. The Bertz CT molecular complexity index is 238. The summed E-state index contributed by atoms with van der Waals surface area (Å²) in [5.74, 6) is -0.563. The van der Waals surface area contributed by atoms with E-state index in [-0.39, 0.29) is 36.0 Å². The molecule has 0 aromatic carbocycles. The molecular weight excluding hydrogens is 208 g/mol. The van der Waals surface area contributed by atoms with E-state index in [1.54, 1.807) is 27.7 Å². The minimum atomic E-state index is -0.182. The van der Waals surface area contributed by atoms with Crippen molar-refractivity contribution in [2.45, 2.75) is 52.7 Å². The molecule has 0 amide bonds. The van der Waals surface area contributed by atoms with Gasteiger partial charge in [-0.25, -0.2) is 0 Å². The van der Waals surface area contributed by atoms with Crippen LogP contribution in [0.5, 0.6) is 0 Å². The number of rotatable bonds is 4. The fraction of sp³-hybridized carbons (Fsp3) is 0.833. The maximum absolute atomic E-state index is 11.3.